The lowest BCUT2D eigenvalue weighted by Crippen LogP contribution is -2.52. The van der Waals surface area contributed by atoms with E-state index in [1.165, 1.54) is 4.90 Å². The number of carboxylic acid groups (broad SMARTS) is 1. The SMILES string of the molecule is O=C(O)[C@@H]1CCCN1C(=O)[C@@H](CCC(=O)N1CCS(=O)CC1)NS(=O)(=O)Cc1ccccc1. The van der Waals surface area contributed by atoms with Gasteiger partial charge in [0.25, 0.3) is 0 Å². The van der Waals surface area contributed by atoms with Crippen LogP contribution in [0.1, 0.15) is 31.2 Å². The molecule has 1 aromatic rings. The molecule has 0 radical (unpaired) electrons. The fourth-order valence-corrected chi connectivity index (χ4v) is 6.50. The fourth-order valence-electron chi connectivity index (χ4n) is 4.09. The van der Waals surface area contributed by atoms with Crippen LogP contribution in [0.4, 0.5) is 0 Å². The molecule has 2 aliphatic rings. The summed E-state index contributed by atoms with van der Waals surface area (Å²) < 4.78 is 39.5. The Morgan fingerprint density at radius 2 is 1.79 bits per heavy atom. The van der Waals surface area contributed by atoms with Crippen molar-refractivity contribution in [2.75, 3.05) is 31.1 Å². The molecule has 0 unspecified atom stereocenters. The van der Waals surface area contributed by atoms with Crippen LogP contribution in [-0.4, -0.2) is 88.5 Å². The number of benzene rings is 1. The van der Waals surface area contributed by atoms with Crippen molar-refractivity contribution in [3.8, 4) is 0 Å². The molecule has 1 aromatic carbocycles. The van der Waals surface area contributed by atoms with Crippen LogP contribution in [0.3, 0.4) is 0 Å². The van der Waals surface area contributed by atoms with Crippen molar-refractivity contribution < 1.29 is 32.1 Å². The molecule has 12 heteroatoms. The van der Waals surface area contributed by atoms with Gasteiger partial charge in [-0.15, -0.1) is 0 Å². The summed E-state index contributed by atoms with van der Waals surface area (Å²) in [5, 5.41) is 9.43. The Labute approximate surface area is 195 Å². The van der Waals surface area contributed by atoms with Gasteiger partial charge in [0.1, 0.15) is 12.1 Å². The van der Waals surface area contributed by atoms with Crippen molar-refractivity contribution in [1.29, 1.82) is 0 Å². The minimum atomic E-state index is -3.94. The van der Waals surface area contributed by atoms with Crippen molar-refractivity contribution in [3.63, 3.8) is 0 Å². The lowest BCUT2D eigenvalue weighted by atomic mass is 10.1. The summed E-state index contributed by atoms with van der Waals surface area (Å²) in [6.45, 7) is 0.937. The monoisotopic (exact) mass is 499 g/mol. The van der Waals surface area contributed by atoms with Gasteiger partial charge < -0.3 is 14.9 Å². The van der Waals surface area contributed by atoms with E-state index in [-0.39, 0.29) is 31.0 Å². The van der Waals surface area contributed by atoms with Gasteiger partial charge in [-0.3, -0.25) is 13.8 Å². The van der Waals surface area contributed by atoms with Gasteiger partial charge in [-0.25, -0.2) is 17.9 Å². The molecule has 33 heavy (non-hydrogen) atoms. The van der Waals surface area contributed by atoms with E-state index in [1.807, 2.05) is 0 Å². The third-order valence-corrected chi connectivity index (χ3v) is 8.45. The molecule has 2 atom stereocenters. The largest absolute Gasteiger partial charge is 0.480 e. The highest BCUT2D eigenvalue weighted by molar-refractivity contribution is 7.88. The maximum absolute atomic E-state index is 13.2. The second-order valence-electron chi connectivity index (χ2n) is 8.21. The van der Waals surface area contributed by atoms with Crippen molar-refractivity contribution in [2.24, 2.45) is 0 Å². The molecular weight excluding hydrogens is 470 g/mol. The lowest BCUT2D eigenvalue weighted by Gasteiger charge is -2.29. The Morgan fingerprint density at radius 3 is 2.42 bits per heavy atom. The second-order valence-corrected chi connectivity index (χ2v) is 11.7. The van der Waals surface area contributed by atoms with Crippen LogP contribution in [0, 0.1) is 0 Å². The van der Waals surface area contributed by atoms with Crippen molar-refractivity contribution in [1.82, 2.24) is 14.5 Å². The molecule has 2 fully saturated rings. The number of carbonyl (C=O) groups is 3. The van der Waals surface area contributed by atoms with Crippen molar-refractivity contribution in [3.05, 3.63) is 35.9 Å². The van der Waals surface area contributed by atoms with Crippen molar-refractivity contribution >= 4 is 38.6 Å². The Bertz CT molecular complexity index is 990. The first-order chi connectivity index (χ1) is 15.7. The Hall–Kier alpha value is -2.31. The van der Waals surface area contributed by atoms with E-state index in [9.17, 15) is 32.1 Å². The van der Waals surface area contributed by atoms with Crippen molar-refractivity contribution in [2.45, 2.75) is 43.5 Å². The summed E-state index contributed by atoms with van der Waals surface area (Å²) in [7, 11) is -4.88. The third kappa shape index (κ3) is 7.08. The number of hydrogen-bond donors (Lipinski definition) is 2. The number of amides is 2. The summed E-state index contributed by atoms with van der Waals surface area (Å²) in [5.74, 6) is -1.57. The van der Waals surface area contributed by atoms with E-state index < -0.39 is 44.8 Å². The van der Waals surface area contributed by atoms with Gasteiger partial charge in [-0.1, -0.05) is 30.3 Å². The quantitative estimate of drug-likeness (QED) is 0.484. The highest BCUT2D eigenvalue weighted by Gasteiger charge is 2.38. The number of hydrogen-bond acceptors (Lipinski definition) is 6. The molecule has 0 saturated carbocycles. The Kier molecular flexibility index (Phi) is 8.60. The number of nitrogens with one attached hydrogen (secondary N) is 1. The maximum atomic E-state index is 13.2. The normalized spacial score (nSPS) is 20.5. The lowest BCUT2D eigenvalue weighted by molar-refractivity contribution is -0.149. The van der Waals surface area contributed by atoms with Gasteiger partial charge in [-0.2, -0.15) is 0 Å². The van der Waals surface area contributed by atoms with Gasteiger partial charge >= 0.3 is 5.97 Å². The summed E-state index contributed by atoms with van der Waals surface area (Å²) in [4.78, 5) is 40.1. The number of aliphatic carboxylic acids is 1. The predicted molar refractivity (Wildman–Crippen MR) is 122 cm³/mol. The molecule has 2 amide bonds. The van der Waals surface area contributed by atoms with E-state index in [1.54, 1.807) is 35.2 Å². The van der Waals surface area contributed by atoms with E-state index in [0.29, 0.717) is 43.0 Å². The minimum absolute atomic E-state index is 0.0809. The number of rotatable bonds is 9. The number of carbonyl (C=O) groups excluding carboxylic acids is 2. The average Bonchev–Trinajstić information content (AvgIpc) is 3.27. The third-order valence-electron chi connectivity index (χ3n) is 5.82. The molecule has 2 heterocycles. The van der Waals surface area contributed by atoms with E-state index >= 15 is 0 Å². The first-order valence-electron chi connectivity index (χ1n) is 10.9. The highest BCUT2D eigenvalue weighted by Crippen LogP contribution is 2.20. The van der Waals surface area contributed by atoms with Gasteiger partial charge in [0.05, 0.1) is 5.75 Å². The zero-order valence-electron chi connectivity index (χ0n) is 18.2. The molecule has 0 aliphatic carbocycles. The Balaban J connectivity index is 1.72. The van der Waals surface area contributed by atoms with E-state index in [4.69, 9.17) is 0 Å². The van der Waals surface area contributed by atoms with Gasteiger partial charge in [-0.05, 0) is 24.8 Å². The predicted octanol–water partition coefficient (Wildman–Crippen LogP) is -0.0787. The minimum Gasteiger partial charge on any atom is -0.480 e. The van der Waals surface area contributed by atoms with Crippen LogP contribution >= 0.6 is 0 Å². The molecule has 0 aromatic heterocycles. The summed E-state index contributed by atoms with van der Waals surface area (Å²) in [6, 6.07) is 6.23. The second kappa shape index (κ2) is 11.2. The molecule has 10 nitrogen and oxygen atoms in total. The summed E-state index contributed by atoms with van der Waals surface area (Å²) in [6.07, 6.45) is 0.640. The first-order valence-corrected chi connectivity index (χ1v) is 14.0. The van der Waals surface area contributed by atoms with Crippen LogP contribution in [0.5, 0.6) is 0 Å². The number of likely N-dealkylation sites (tertiary alicyclic amines) is 1. The fraction of sp³-hybridized carbons (Fsp3) is 0.571. The molecule has 2 aliphatic heterocycles. The zero-order chi connectivity index (χ0) is 24.0. The number of sulfonamides is 1. The van der Waals surface area contributed by atoms with Crippen LogP contribution in [0.15, 0.2) is 30.3 Å². The number of carboxylic acids is 1. The Morgan fingerprint density at radius 1 is 1.12 bits per heavy atom. The molecule has 3 rings (SSSR count). The van der Waals surface area contributed by atoms with E-state index in [0.717, 1.165) is 0 Å². The molecule has 0 spiro atoms. The van der Waals surface area contributed by atoms with Crippen LogP contribution < -0.4 is 4.72 Å². The molecular formula is C21H29N3O7S2. The van der Waals surface area contributed by atoms with Gasteiger partial charge in [0.15, 0.2) is 0 Å². The summed E-state index contributed by atoms with van der Waals surface area (Å²) >= 11 is 0. The van der Waals surface area contributed by atoms with Gasteiger partial charge in [0, 0.05) is 48.4 Å². The smallest absolute Gasteiger partial charge is 0.326 e. The average molecular weight is 500 g/mol. The van der Waals surface area contributed by atoms with E-state index in [2.05, 4.69) is 4.72 Å². The topological polar surface area (TPSA) is 141 Å². The molecule has 0 bridgehead atoms. The number of nitrogens with zero attached hydrogens (tertiary/aromatic N) is 2. The summed E-state index contributed by atoms with van der Waals surface area (Å²) in [5.41, 5.74) is 0.540. The highest BCUT2D eigenvalue weighted by atomic mass is 32.2. The zero-order valence-corrected chi connectivity index (χ0v) is 19.9. The van der Waals surface area contributed by atoms with Crippen LogP contribution in [-0.2, 0) is 41.0 Å². The standard InChI is InChI=1S/C21H29N3O7S2/c25-19(23-11-13-32(29)14-12-23)9-8-17(20(26)24-10-4-7-18(24)21(27)28)22-33(30,31)15-16-5-2-1-3-6-16/h1-3,5-6,17-18,22H,4,7-15H2,(H,27,28)/t17-,18+/m1/s1. The van der Waals surface area contributed by atoms with Gasteiger partial charge in [0.2, 0.25) is 21.8 Å². The van der Waals surface area contributed by atoms with Crippen LogP contribution in [0.25, 0.3) is 0 Å². The molecule has 182 valence electrons. The molecule has 2 saturated heterocycles. The molecule has 2 N–H and O–H groups in total. The van der Waals surface area contributed by atoms with Crippen LogP contribution in [0.2, 0.25) is 0 Å². The maximum Gasteiger partial charge on any atom is 0.326 e. The first kappa shape index (κ1) is 25.3.